The van der Waals surface area contributed by atoms with Crippen molar-refractivity contribution in [2.75, 3.05) is 52.4 Å². The van der Waals surface area contributed by atoms with Gasteiger partial charge in [0.2, 0.25) is 0 Å². The lowest BCUT2D eigenvalue weighted by Crippen LogP contribution is -2.47. The Morgan fingerprint density at radius 3 is 1.19 bits per heavy atom. The number of ether oxygens (including phenoxy) is 4. The fourth-order valence-corrected chi connectivity index (χ4v) is 6.43. The Bertz CT molecular complexity index is 1500. The van der Waals surface area contributed by atoms with Crippen LogP contribution in [0.4, 0.5) is 0 Å². The van der Waals surface area contributed by atoms with Gasteiger partial charge in [0.25, 0.3) is 0 Å². The van der Waals surface area contributed by atoms with Crippen LogP contribution in [0.25, 0.3) is 0 Å². The summed E-state index contributed by atoms with van der Waals surface area (Å²) in [6.07, 6.45) is 1.75. The molecule has 0 amide bonds. The van der Waals surface area contributed by atoms with E-state index < -0.39 is 40.3 Å². The molecule has 54 heavy (non-hydrogen) atoms. The third-order valence-corrected chi connectivity index (χ3v) is 8.23. The summed E-state index contributed by atoms with van der Waals surface area (Å²) in [4.78, 5) is 58.6. The molecule has 0 unspecified atom stereocenters. The number of hydrogen-bond donors (Lipinski definition) is 0. The number of esters is 4. The lowest BCUT2D eigenvalue weighted by molar-refractivity contribution is -0.161. The molecule has 0 saturated heterocycles. The number of fused-ring (bicyclic) bond motifs is 2. The predicted octanol–water partition coefficient (Wildman–Crippen LogP) is 6.15. The number of rotatable bonds is 15. The zero-order chi connectivity index (χ0) is 40.5. The number of hydrogen-bond acceptors (Lipinski definition) is 11. The Morgan fingerprint density at radius 1 is 0.481 bits per heavy atom. The van der Waals surface area contributed by atoms with E-state index in [2.05, 4.69) is 29.2 Å². The minimum Gasteiger partial charge on any atom is -0.459 e. The van der Waals surface area contributed by atoms with Crippen LogP contribution >= 0.6 is 0 Å². The van der Waals surface area contributed by atoms with E-state index in [1.807, 2.05) is 70.7 Å². The molecule has 0 saturated carbocycles. The molecule has 0 atom stereocenters. The molecule has 11 heteroatoms. The van der Waals surface area contributed by atoms with Gasteiger partial charge in [0.15, 0.2) is 0 Å². The van der Waals surface area contributed by atoms with E-state index >= 15 is 0 Å². The molecule has 0 heterocycles. The monoisotopic (exact) mass is 751 g/mol. The Labute approximate surface area is 323 Å². The molecule has 0 aromatic heterocycles. The van der Waals surface area contributed by atoms with Crippen LogP contribution < -0.4 is 0 Å². The highest BCUT2D eigenvalue weighted by atomic mass is 16.6. The van der Waals surface area contributed by atoms with Gasteiger partial charge in [0, 0.05) is 26.2 Å². The molecule has 2 aromatic rings. The second-order valence-corrected chi connectivity index (χ2v) is 18.1. The molecule has 0 spiro atoms. The Morgan fingerprint density at radius 2 is 0.796 bits per heavy atom. The molecule has 2 aromatic carbocycles. The topological polar surface area (TPSA) is 115 Å². The fourth-order valence-electron chi connectivity index (χ4n) is 6.43. The lowest BCUT2D eigenvalue weighted by atomic mass is 9.93. The van der Waals surface area contributed by atoms with E-state index in [1.165, 1.54) is 11.1 Å². The van der Waals surface area contributed by atoms with Crippen molar-refractivity contribution in [1.82, 2.24) is 14.7 Å². The van der Waals surface area contributed by atoms with Gasteiger partial charge in [-0.25, -0.2) is 0 Å². The maximum atomic E-state index is 13.6. The third-order valence-electron chi connectivity index (χ3n) is 8.23. The number of carbonyl (C=O) groups is 4. The summed E-state index contributed by atoms with van der Waals surface area (Å²) in [7, 11) is 0. The fraction of sp³-hybridized carbons (Fsp3) is 0.628. The normalized spacial score (nSPS) is 14.0. The molecule has 11 nitrogen and oxygen atoms in total. The summed E-state index contributed by atoms with van der Waals surface area (Å²) in [6.45, 7) is 22.8. The molecule has 3 rings (SSSR count). The highest BCUT2D eigenvalue weighted by Gasteiger charge is 2.32. The molecule has 0 bridgehead atoms. The minimum absolute atomic E-state index is 0.0221. The van der Waals surface area contributed by atoms with Gasteiger partial charge in [-0.1, -0.05) is 48.5 Å². The molecule has 300 valence electrons. The predicted molar refractivity (Wildman–Crippen MR) is 210 cm³/mol. The first-order valence-electron chi connectivity index (χ1n) is 19.1. The van der Waals surface area contributed by atoms with Gasteiger partial charge >= 0.3 is 23.9 Å². The van der Waals surface area contributed by atoms with Crippen molar-refractivity contribution >= 4 is 23.9 Å². The highest BCUT2D eigenvalue weighted by molar-refractivity contribution is 5.75. The molecule has 0 radical (unpaired) electrons. The Balaban J connectivity index is 1.98. The molecular weight excluding hydrogens is 686 g/mol. The van der Waals surface area contributed by atoms with E-state index in [0.29, 0.717) is 19.6 Å². The van der Waals surface area contributed by atoms with Crippen molar-refractivity contribution in [1.29, 1.82) is 0 Å². The molecule has 0 N–H and O–H groups in total. The summed E-state index contributed by atoms with van der Waals surface area (Å²) in [5.41, 5.74) is 1.93. The van der Waals surface area contributed by atoms with Crippen molar-refractivity contribution in [3.63, 3.8) is 0 Å². The van der Waals surface area contributed by atoms with Gasteiger partial charge in [-0.2, -0.15) is 0 Å². The Hall–Kier alpha value is -3.80. The first-order valence-corrected chi connectivity index (χ1v) is 19.1. The van der Waals surface area contributed by atoms with Crippen molar-refractivity contribution < 1.29 is 38.1 Å². The van der Waals surface area contributed by atoms with Crippen molar-refractivity contribution in [3.05, 3.63) is 70.8 Å². The van der Waals surface area contributed by atoms with Crippen LogP contribution in [0.1, 0.15) is 111 Å². The second-order valence-electron chi connectivity index (χ2n) is 18.1. The first kappa shape index (κ1) is 44.6. The van der Waals surface area contributed by atoms with Crippen LogP contribution in [0.5, 0.6) is 0 Å². The van der Waals surface area contributed by atoms with Crippen molar-refractivity contribution in [2.45, 2.75) is 124 Å². The van der Waals surface area contributed by atoms with Gasteiger partial charge in [0.05, 0.1) is 32.2 Å². The van der Waals surface area contributed by atoms with Crippen LogP contribution in [0.3, 0.4) is 0 Å². The first-order chi connectivity index (χ1) is 24.9. The average Bonchev–Trinajstić information content (AvgIpc) is 3.15. The van der Waals surface area contributed by atoms with Crippen molar-refractivity contribution in [3.8, 4) is 0 Å². The molecule has 0 aliphatic heterocycles. The van der Waals surface area contributed by atoms with Gasteiger partial charge in [0.1, 0.15) is 22.4 Å². The summed E-state index contributed by atoms with van der Waals surface area (Å²) in [5.74, 6) is -1.70. The van der Waals surface area contributed by atoms with Crippen molar-refractivity contribution in [2.24, 2.45) is 0 Å². The molecule has 1 aliphatic rings. The van der Waals surface area contributed by atoms with Gasteiger partial charge in [-0.05, 0) is 118 Å². The van der Waals surface area contributed by atoms with Crippen LogP contribution in [-0.4, -0.2) is 113 Å². The third kappa shape index (κ3) is 16.3. The van der Waals surface area contributed by atoms with Crippen LogP contribution in [-0.2, 0) is 51.0 Å². The molecule has 1 aliphatic carbocycles. The van der Waals surface area contributed by atoms with E-state index in [0.717, 1.165) is 24.0 Å². The zero-order valence-electron chi connectivity index (χ0n) is 34.9. The van der Waals surface area contributed by atoms with E-state index in [4.69, 9.17) is 18.9 Å². The number of nitrogens with zero attached hydrogens (tertiary/aromatic N) is 3. The van der Waals surface area contributed by atoms with E-state index in [-0.39, 0.29) is 44.7 Å². The lowest BCUT2D eigenvalue weighted by Gasteiger charge is -2.35. The van der Waals surface area contributed by atoms with Gasteiger partial charge in [-0.15, -0.1) is 0 Å². The summed E-state index contributed by atoms with van der Waals surface area (Å²) in [6, 6.07) is 16.5. The smallest absolute Gasteiger partial charge is 0.320 e. The average molecular weight is 752 g/mol. The summed E-state index contributed by atoms with van der Waals surface area (Å²) < 4.78 is 22.8. The Kier molecular flexibility index (Phi) is 15.4. The van der Waals surface area contributed by atoms with E-state index in [1.54, 1.807) is 46.4 Å². The maximum Gasteiger partial charge on any atom is 0.320 e. The zero-order valence-corrected chi connectivity index (χ0v) is 34.9. The SMILES string of the molecule is CC(C)(C)OC(=O)CN(CCN(CC(=O)OC(C)(C)C)CC(=O)OC(C)(C)C)CCN(CC(=O)OC(C)(C)C)C1c2ccccc2CCc2ccccc21. The van der Waals surface area contributed by atoms with Gasteiger partial charge in [-0.3, -0.25) is 33.9 Å². The minimum atomic E-state index is -0.704. The summed E-state index contributed by atoms with van der Waals surface area (Å²) >= 11 is 0. The highest BCUT2D eigenvalue weighted by Crippen LogP contribution is 2.37. The van der Waals surface area contributed by atoms with Crippen LogP contribution in [0, 0.1) is 0 Å². The van der Waals surface area contributed by atoms with Crippen LogP contribution in [0.2, 0.25) is 0 Å². The number of benzene rings is 2. The number of aryl methyl sites for hydroxylation is 2. The molecule has 0 fully saturated rings. The van der Waals surface area contributed by atoms with Crippen LogP contribution in [0.15, 0.2) is 48.5 Å². The maximum absolute atomic E-state index is 13.6. The molecular formula is C43H65N3O8. The summed E-state index contributed by atoms with van der Waals surface area (Å²) in [5, 5.41) is 0. The van der Waals surface area contributed by atoms with Gasteiger partial charge < -0.3 is 18.9 Å². The quantitative estimate of drug-likeness (QED) is 0.154. The second kappa shape index (κ2) is 18.7. The number of carbonyl (C=O) groups excluding carboxylic acids is 4. The largest absolute Gasteiger partial charge is 0.459 e. The van der Waals surface area contributed by atoms with E-state index in [9.17, 15) is 19.2 Å². The standard InChI is InChI=1S/C43H65N3O8/c1-40(2,3)51-35(47)27-44(23-24-45(28-36(48)52-41(4,5)6)29-37(49)53-42(7,8)9)25-26-46(30-38(50)54-43(10,11)12)39-33-19-15-13-17-31(33)21-22-32-18-14-16-20-34(32)39/h13-20,39H,21-30H2,1-12H3.